The van der Waals surface area contributed by atoms with Gasteiger partial charge in [-0.05, 0) is 96.8 Å². The van der Waals surface area contributed by atoms with E-state index in [4.69, 9.17) is 14.8 Å². The number of aromatic nitrogens is 4. The third-order valence-corrected chi connectivity index (χ3v) is 9.48. The summed E-state index contributed by atoms with van der Waals surface area (Å²) in [6, 6.07) is 38.9. The van der Waals surface area contributed by atoms with Gasteiger partial charge in [-0.2, -0.15) is 17.2 Å². The number of aryl methyl sites for hydroxylation is 3. The van der Waals surface area contributed by atoms with Crippen LogP contribution in [-0.4, -0.2) is 19.3 Å². The molecule has 0 aliphatic carbocycles. The maximum absolute atomic E-state index is 6.50. The first-order valence-corrected chi connectivity index (χ1v) is 17.8. The summed E-state index contributed by atoms with van der Waals surface area (Å²) in [5.41, 5.74) is 10.1. The number of ether oxygens (including phenoxy) is 1. The number of fused-ring (bicyclic) bond motifs is 3. The van der Waals surface area contributed by atoms with Crippen LogP contribution in [0.3, 0.4) is 0 Å². The molecule has 7 aromatic rings. The summed E-state index contributed by atoms with van der Waals surface area (Å²) in [5, 5.41) is 7.23. The van der Waals surface area contributed by atoms with Crippen LogP contribution < -0.4 is 4.74 Å². The molecule has 0 amide bonds. The van der Waals surface area contributed by atoms with Gasteiger partial charge >= 0.3 is 21.1 Å². The SMILES string of the molecule is Cc1nn(-c2[c-]c(Oc3[c-]c4c(cc3)c3cc(CCC(C)C)ccc3n4-c3cc(CCC(C)(C)C)ccn3)ccc2)c(C)c1-c1ccccc1.[Pt+2]. The standard InChI is InChI=1S/C45H46N4O.Pt/c1-30(2)16-17-33-18-21-41-40(26-33)39-20-19-38(29-42(39)48(41)43-27-34(23-25-46-43)22-24-45(5,6)7)50-37-15-11-14-36(28-37)49-32(4)44(31(3)47-49)35-12-9-8-10-13-35;/h8-15,18-21,23,25-27,30H,16-17,22,24H2,1-7H3;/q-2;+2. The Kier molecular flexibility index (Phi) is 10.7. The maximum atomic E-state index is 6.50. The molecule has 0 fully saturated rings. The van der Waals surface area contributed by atoms with Crippen molar-refractivity contribution in [1.82, 2.24) is 19.3 Å². The molecule has 5 nitrogen and oxygen atoms in total. The molecule has 3 heterocycles. The molecule has 0 aliphatic heterocycles. The Morgan fingerprint density at radius 2 is 1.55 bits per heavy atom. The van der Waals surface area contributed by atoms with E-state index in [-0.39, 0.29) is 26.5 Å². The molecule has 0 unspecified atom stereocenters. The van der Waals surface area contributed by atoms with Crippen molar-refractivity contribution in [3.63, 3.8) is 0 Å². The van der Waals surface area contributed by atoms with Crippen molar-refractivity contribution >= 4 is 21.8 Å². The van der Waals surface area contributed by atoms with Crippen molar-refractivity contribution in [2.24, 2.45) is 11.3 Å². The van der Waals surface area contributed by atoms with E-state index < -0.39 is 0 Å². The van der Waals surface area contributed by atoms with E-state index in [1.807, 2.05) is 41.2 Å². The minimum absolute atomic E-state index is 0. The number of nitrogens with zero attached hydrogens (tertiary/aromatic N) is 4. The Morgan fingerprint density at radius 3 is 2.31 bits per heavy atom. The van der Waals surface area contributed by atoms with Crippen molar-refractivity contribution in [1.29, 1.82) is 0 Å². The normalized spacial score (nSPS) is 11.8. The molecule has 0 saturated carbocycles. The van der Waals surface area contributed by atoms with Crippen LogP contribution in [0.15, 0.2) is 97.2 Å². The van der Waals surface area contributed by atoms with Crippen LogP contribution in [0.5, 0.6) is 11.5 Å². The molecule has 6 heteroatoms. The largest absolute Gasteiger partial charge is 2.00 e. The van der Waals surface area contributed by atoms with Crippen LogP contribution in [0.1, 0.15) is 70.0 Å². The van der Waals surface area contributed by atoms with Crippen LogP contribution in [0.4, 0.5) is 0 Å². The van der Waals surface area contributed by atoms with Gasteiger partial charge < -0.3 is 9.30 Å². The number of hydrogen-bond acceptors (Lipinski definition) is 3. The zero-order valence-corrected chi connectivity index (χ0v) is 32.9. The van der Waals surface area contributed by atoms with E-state index in [1.54, 1.807) is 0 Å². The third kappa shape index (κ3) is 7.90. The van der Waals surface area contributed by atoms with E-state index >= 15 is 0 Å². The second kappa shape index (κ2) is 15.0. The molecule has 0 bridgehead atoms. The first-order valence-electron chi connectivity index (χ1n) is 17.8. The van der Waals surface area contributed by atoms with Gasteiger partial charge in [0.2, 0.25) is 0 Å². The van der Waals surface area contributed by atoms with Gasteiger partial charge in [0.1, 0.15) is 5.82 Å². The van der Waals surface area contributed by atoms with Gasteiger partial charge in [-0.15, -0.1) is 35.7 Å². The Hall–Kier alpha value is -4.47. The van der Waals surface area contributed by atoms with Crippen molar-refractivity contribution < 1.29 is 25.8 Å². The van der Waals surface area contributed by atoms with Gasteiger partial charge in [0.05, 0.1) is 5.69 Å². The first kappa shape index (κ1) is 36.3. The van der Waals surface area contributed by atoms with Gasteiger partial charge in [0.15, 0.2) is 0 Å². The average molecular weight is 854 g/mol. The summed E-state index contributed by atoms with van der Waals surface area (Å²) in [5.74, 6) is 2.78. The summed E-state index contributed by atoms with van der Waals surface area (Å²) < 4.78 is 10.7. The van der Waals surface area contributed by atoms with Gasteiger partial charge in [0.25, 0.3) is 0 Å². The van der Waals surface area contributed by atoms with E-state index in [1.165, 1.54) is 16.5 Å². The molecule has 0 N–H and O–H groups in total. The van der Waals surface area contributed by atoms with Crippen LogP contribution in [0, 0.1) is 37.3 Å². The summed E-state index contributed by atoms with van der Waals surface area (Å²) in [6.45, 7) is 15.6. The Balaban J connectivity index is 0.00000448. The first-order chi connectivity index (χ1) is 24.0. The van der Waals surface area contributed by atoms with Crippen molar-refractivity contribution in [2.75, 3.05) is 0 Å². The molecule has 7 rings (SSSR count). The molecule has 262 valence electrons. The third-order valence-electron chi connectivity index (χ3n) is 9.48. The molecule has 0 radical (unpaired) electrons. The number of rotatable bonds is 10. The molecule has 0 atom stereocenters. The molecule has 4 aromatic carbocycles. The van der Waals surface area contributed by atoms with E-state index in [0.717, 1.165) is 76.1 Å². The Bertz CT molecular complexity index is 2290. The summed E-state index contributed by atoms with van der Waals surface area (Å²) in [6.07, 6.45) is 6.26. The smallest absolute Gasteiger partial charge is 0.509 e. The van der Waals surface area contributed by atoms with Gasteiger partial charge in [-0.3, -0.25) is 4.68 Å². The number of benzene rings is 4. The topological polar surface area (TPSA) is 44.9 Å². The Morgan fingerprint density at radius 1 is 0.784 bits per heavy atom. The molecule has 3 aromatic heterocycles. The minimum Gasteiger partial charge on any atom is -0.509 e. The second-order valence-corrected chi connectivity index (χ2v) is 15.1. The summed E-state index contributed by atoms with van der Waals surface area (Å²) >= 11 is 0. The summed E-state index contributed by atoms with van der Waals surface area (Å²) in [7, 11) is 0. The number of pyridine rings is 1. The molecule has 51 heavy (non-hydrogen) atoms. The van der Waals surface area contributed by atoms with Crippen molar-refractivity contribution in [2.45, 2.75) is 74.1 Å². The molecular formula is C45H46N4OPt. The van der Waals surface area contributed by atoms with E-state index in [0.29, 0.717) is 17.4 Å². The predicted octanol–water partition coefficient (Wildman–Crippen LogP) is 11.6. The van der Waals surface area contributed by atoms with Crippen LogP contribution in [0.2, 0.25) is 0 Å². The van der Waals surface area contributed by atoms with Crippen molar-refractivity contribution in [3.8, 4) is 34.1 Å². The molecule has 0 aliphatic rings. The van der Waals surface area contributed by atoms with Crippen molar-refractivity contribution in [3.05, 3.63) is 132 Å². The second-order valence-electron chi connectivity index (χ2n) is 15.1. The van der Waals surface area contributed by atoms with E-state index in [9.17, 15) is 0 Å². The molecule has 0 saturated heterocycles. The fourth-order valence-electron chi connectivity index (χ4n) is 6.78. The van der Waals surface area contributed by atoms with Crippen LogP contribution in [-0.2, 0) is 33.9 Å². The van der Waals surface area contributed by atoms with Gasteiger partial charge in [0, 0.05) is 34.5 Å². The van der Waals surface area contributed by atoms with Crippen LogP contribution in [0.25, 0.3) is 44.4 Å². The monoisotopic (exact) mass is 853 g/mol. The zero-order valence-electron chi connectivity index (χ0n) is 30.7. The van der Waals surface area contributed by atoms with Crippen LogP contribution >= 0.6 is 0 Å². The molecular weight excluding hydrogens is 808 g/mol. The van der Waals surface area contributed by atoms with Gasteiger partial charge in [-0.1, -0.05) is 82.6 Å². The predicted molar refractivity (Wildman–Crippen MR) is 206 cm³/mol. The molecule has 0 spiro atoms. The van der Waals surface area contributed by atoms with Gasteiger partial charge in [-0.25, -0.2) is 4.98 Å². The summed E-state index contributed by atoms with van der Waals surface area (Å²) in [4.78, 5) is 4.89. The minimum atomic E-state index is 0. The number of hydrogen-bond donors (Lipinski definition) is 0. The fourth-order valence-corrected chi connectivity index (χ4v) is 6.78. The fraction of sp³-hybridized carbons (Fsp3) is 0.289. The van der Waals surface area contributed by atoms with E-state index in [2.05, 4.69) is 126 Å². The average Bonchev–Trinajstić information content (AvgIpc) is 3.58. The quantitative estimate of drug-likeness (QED) is 0.129. The Labute approximate surface area is 317 Å². The zero-order chi connectivity index (χ0) is 35.0. The maximum Gasteiger partial charge on any atom is 2.00 e.